The van der Waals surface area contributed by atoms with E-state index in [9.17, 15) is 0 Å². The first kappa shape index (κ1) is 12.5. The molecule has 98 valence electrons. The molecule has 2 atom stereocenters. The van der Waals surface area contributed by atoms with Gasteiger partial charge in [-0.1, -0.05) is 23.7 Å². The Morgan fingerprint density at radius 3 is 3.00 bits per heavy atom. The second-order valence-electron chi connectivity index (χ2n) is 5.79. The molecule has 0 saturated carbocycles. The van der Waals surface area contributed by atoms with Crippen LogP contribution in [0.2, 0.25) is 5.02 Å². The van der Waals surface area contributed by atoms with E-state index < -0.39 is 0 Å². The Kier molecular flexibility index (Phi) is 3.60. The van der Waals surface area contributed by atoms with Crippen molar-refractivity contribution >= 4 is 11.6 Å². The SMILES string of the molecule is Cc1ccc(CN2CCC3CNCC3C2)cc1Cl. The zero-order chi connectivity index (χ0) is 12.5. The van der Waals surface area contributed by atoms with Crippen molar-refractivity contribution in [2.45, 2.75) is 19.9 Å². The number of hydrogen-bond acceptors (Lipinski definition) is 2. The van der Waals surface area contributed by atoms with E-state index in [1.54, 1.807) is 0 Å². The predicted octanol–water partition coefficient (Wildman–Crippen LogP) is 2.69. The van der Waals surface area contributed by atoms with Crippen LogP contribution in [0.4, 0.5) is 0 Å². The Labute approximate surface area is 114 Å². The maximum atomic E-state index is 6.19. The molecular weight excluding hydrogens is 244 g/mol. The van der Waals surface area contributed by atoms with Crippen LogP contribution in [0, 0.1) is 18.8 Å². The van der Waals surface area contributed by atoms with Gasteiger partial charge < -0.3 is 5.32 Å². The van der Waals surface area contributed by atoms with Crippen molar-refractivity contribution in [1.82, 2.24) is 10.2 Å². The third-order valence-electron chi connectivity index (χ3n) is 4.43. The molecule has 1 N–H and O–H groups in total. The molecule has 18 heavy (non-hydrogen) atoms. The molecule has 0 amide bonds. The molecule has 2 saturated heterocycles. The molecule has 2 aliphatic heterocycles. The maximum absolute atomic E-state index is 6.19. The first-order valence-corrected chi connectivity index (χ1v) is 7.28. The molecule has 0 aliphatic carbocycles. The van der Waals surface area contributed by atoms with Gasteiger partial charge in [-0.05, 0) is 62.0 Å². The lowest BCUT2D eigenvalue weighted by Crippen LogP contribution is -2.39. The van der Waals surface area contributed by atoms with Crippen LogP contribution in [-0.2, 0) is 6.54 Å². The van der Waals surface area contributed by atoms with E-state index in [-0.39, 0.29) is 0 Å². The first-order valence-electron chi connectivity index (χ1n) is 6.90. The Morgan fingerprint density at radius 2 is 2.17 bits per heavy atom. The fraction of sp³-hybridized carbons (Fsp3) is 0.600. The van der Waals surface area contributed by atoms with Crippen LogP contribution in [0.25, 0.3) is 0 Å². The molecule has 2 unspecified atom stereocenters. The van der Waals surface area contributed by atoms with Gasteiger partial charge >= 0.3 is 0 Å². The van der Waals surface area contributed by atoms with Gasteiger partial charge in [-0.25, -0.2) is 0 Å². The van der Waals surface area contributed by atoms with Crippen LogP contribution in [0.15, 0.2) is 18.2 Å². The van der Waals surface area contributed by atoms with Crippen molar-refractivity contribution in [2.75, 3.05) is 26.2 Å². The molecule has 3 rings (SSSR count). The fourth-order valence-electron chi connectivity index (χ4n) is 3.25. The second kappa shape index (κ2) is 5.20. The number of likely N-dealkylation sites (tertiary alicyclic amines) is 1. The number of nitrogens with one attached hydrogen (secondary N) is 1. The monoisotopic (exact) mass is 264 g/mol. The zero-order valence-corrected chi connectivity index (χ0v) is 11.7. The lowest BCUT2D eigenvalue weighted by molar-refractivity contribution is 0.142. The Hall–Kier alpha value is -0.570. The smallest absolute Gasteiger partial charge is 0.0438 e. The normalized spacial score (nSPS) is 28.3. The summed E-state index contributed by atoms with van der Waals surface area (Å²) >= 11 is 6.19. The van der Waals surface area contributed by atoms with Crippen LogP contribution < -0.4 is 5.32 Å². The average Bonchev–Trinajstić information content (AvgIpc) is 2.81. The Balaban J connectivity index is 1.64. The summed E-state index contributed by atoms with van der Waals surface area (Å²) in [6, 6.07) is 6.46. The van der Waals surface area contributed by atoms with Gasteiger partial charge in [-0.2, -0.15) is 0 Å². The van der Waals surface area contributed by atoms with Gasteiger partial charge in [0, 0.05) is 18.1 Å². The van der Waals surface area contributed by atoms with E-state index >= 15 is 0 Å². The summed E-state index contributed by atoms with van der Waals surface area (Å²) in [4.78, 5) is 2.58. The summed E-state index contributed by atoms with van der Waals surface area (Å²) in [5.74, 6) is 1.78. The van der Waals surface area contributed by atoms with Gasteiger partial charge in [0.1, 0.15) is 0 Å². The van der Waals surface area contributed by atoms with E-state index in [4.69, 9.17) is 11.6 Å². The van der Waals surface area contributed by atoms with Crippen molar-refractivity contribution in [3.63, 3.8) is 0 Å². The van der Waals surface area contributed by atoms with Crippen molar-refractivity contribution in [3.8, 4) is 0 Å². The third-order valence-corrected chi connectivity index (χ3v) is 4.84. The van der Waals surface area contributed by atoms with Crippen molar-refractivity contribution in [2.24, 2.45) is 11.8 Å². The number of rotatable bonds is 2. The van der Waals surface area contributed by atoms with E-state index in [1.807, 2.05) is 0 Å². The van der Waals surface area contributed by atoms with E-state index in [1.165, 1.54) is 43.7 Å². The van der Waals surface area contributed by atoms with Crippen LogP contribution in [0.1, 0.15) is 17.5 Å². The number of aryl methyl sites for hydroxylation is 1. The van der Waals surface area contributed by atoms with Crippen LogP contribution in [0.3, 0.4) is 0 Å². The van der Waals surface area contributed by atoms with E-state index in [0.29, 0.717) is 0 Å². The molecule has 1 aromatic rings. The third kappa shape index (κ3) is 2.56. The molecule has 2 aliphatic rings. The van der Waals surface area contributed by atoms with E-state index in [0.717, 1.165) is 23.4 Å². The zero-order valence-electron chi connectivity index (χ0n) is 11.0. The van der Waals surface area contributed by atoms with Gasteiger partial charge in [0.15, 0.2) is 0 Å². The summed E-state index contributed by atoms with van der Waals surface area (Å²) < 4.78 is 0. The molecule has 0 bridgehead atoms. The number of piperidine rings is 1. The lowest BCUT2D eigenvalue weighted by atomic mass is 9.88. The van der Waals surface area contributed by atoms with Crippen molar-refractivity contribution in [1.29, 1.82) is 0 Å². The average molecular weight is 265 g/mol. The van der Waals surface area contributed by atoms with Gasteiger partial charge in [0.25, 0.3) is 0 Å². The predicted molar refractivity (Wildman–Crippen MR) is 75.9 cm³/mol. The summed E-state index contributed by atoms with van der Waals surface area (Å²) in [7, 11) is 0. The topological polar surface area (TPSA) is 15.3 Å². The molecule has 0 radical (unpaired) electrons. The highest BCUT2D eigenvalue weighted by atomic mass is 35.5. The van der Waals surface area contributed by atoms with Crippen LogP contribution in [0.5, 0.6) is 0 Å². The molecule has 2 fully saturated rings. The van der Waals surface area contributed by atoms with Crippen molar-refractivity contribution < 1.29 is 0 Å². The van der Waals surface area contributed by atoms with Gasteiger partial charge in [0.2, 0.25) is 0 Å². The quantitative estimate of drug-likeness (QED) is 0.884. The minimum Gasteiger partial charge on any atom is -0.316 e. The van der Waals surface area contributed by atoms with Crippen molar-refractivity contribution in [3.05, 3.63) is 34.3 Å². The molecule has 0 aromatic heterocycles. The minimum absolute atomic E-state index is 0.861. The molecule has 3 heteroatoms. The molecule has 1 aromatic carbocycles. The summed E-state index contributed by atoms with van der Waals surface area (Å²) in [6.07, 6.45) is 1.34. The van der Waals surface area contributed by atoms with Gasteiger partial charge in [0.05, 0.1) is 0 Å². The first-order chi connectivity index (χ1) is 8.72. The maximum Gasteiger partial charge on any atom is 0.0438 e. The number of hydrogen-bond donors (Lipinski definition) is 1. The molecule has 2 nitrogen and oxygen atoms in total. The Bertz CT molecular complexity index is 433. The summed E-state index contributed by atoms with van der Waals surface area (Å²) in [5, 5.41) is 4.41. The highest BCUT2D eigenvalue weighted by molar-refractivity contribution is 6.31. The Morgan fingerprint density at radius 1 is 1.33 bits per heavy atom. The van der Waals surface area contributed by atoms with Crippen LogP contribution >= 0.6 is 11.6 Å². The number of fused-ring (bicyclic) bond motifs is 1. The van der Waals surface area contributed by atoms with Gasteiger partial charge in [-0.3, -0.25) is 4.90 Å². The fourth-order valence-corrected chi connectivity index (χ4v) is 3.45. The summed E-state index contributed by atoms with van der Waals surface area (Å²) in [6.45, 7) is 8.01. The largest absolute Gasteiger partial charge is 0.316 e. The molecule has 0 spiro atoms. The highest BCUT2D eigenvalue weighted by Crippen LogP contribution is 2.27. The van der Waals surface area contributed by atoms with Gasteiger partial charge in [-0.15, -0.1) is 0 Å². The number of nitrogens with zero attached hydrogens (tertiary/aromatic N) is 1. The number of benzene rings is 1. The van der Waals surface area contributed by atoms with E-state index in [2.05, 4.69) is 35.3 Å². The standard InChI is InChI=1S/C15H21ClN2/c1-11-2-3-12(6-15(11)16)9-18-5-4-13-7-17-8-14(13)10-18/h2-3,6,13-14,17H,4-5,7-10H2,1H3. The highest BCUT2D eigenvalue weighted by Gasteiger charge is 2.32. The van der Waals surface area contributed by atoms with Crippen LogP contribution in [-0.4, -0.2) is 31.1 Å². The lowest BCUT2D eigenvalue weighted by Gasteiger charge is -2.34. The molecule has 2 heterocycles. The second-order valence-corrected chi connectivity index (χ2v) is 6.19. The molecular formula is C15H21ClN2. The number of halogens is 1. The minimum atomic E-state index is 0.861. The summed E-state index contributed by atoms with van der Waals surface area (Å²) in [5.41, 5.74) is 2.51.